The van der Waals surface area contributed by atoms with Crippen LogP contribution in [0.25, 0.3) is 0 Å². The monoisotopic (exact) mass is 525 g/mol. The fourth-order valence-electron chi connectivity index (χ4n) is 3.05. The van der Waals surface area contributed by atoms with Crippen molar-refractivity contribution in [3.05, 3.63) is 76.2 Å². The fourth-order valence-corrected chi connectivity index (χ4v) is 4.92. The zero-order chi connectivity index (χ0) is 26.0. The number of nitrogens with zero attached hydrogens (tertiary/aromatic N) is 1. The van der Waals surface area contributed by atoms with Gasteiger partial charge in [0, 0.05) is 0 Å². The van der Waals surface area contributed by atoms with Gasteiger partial charge >= 0.3 is 6.18 Å². The molecule has 0 fully saturated rings. The summed E-state index contributed by atoms with van der Waals surface area (Å²) in [4.78, 5) is 30.2. The van der Waals surface area contributed by atoms with Gasteiger partial charge < -0.3 is 10.3 Å². The molecule has 0 unspecified atom stereocenters. The number of aromatic amines is 1. The number of hydrogen-bond donors (Lipinski definition) is 2. The van der Waals surface area contributed by atoms with E-state index in [0.29, 0.717) is 0 Å². The summed E-state index contributed by atoms with van der Waals surface area (Å²) >= 11 is 0.740. The van der Waals surface area contributed by atoms with Crippen molar-refractivity contribution >= 4 is 33.2 Å². The van der Waals surface area contributed by atoms with Crippen molar-refractivity contribution < 1.29 is 26.4 Å². The third kappa shape index (κ3) is 6.31. The van der Waals surface area contributed by atoms with Crippen LogP contribution in [0, 0.1) is 0 Å². The molecule has 0 bridgehead atoms. The number of aromatic nitrogens is 2. The van der Waals surface area contributed by atoms with E-state index in [1.165, 1.54) is 24.3 Å². The van der Waals surface area contributed by atoms with Gasteiger partial charge in [-0.05, 0) is 35.2 Å². The zero-order valence-corrected chi connectivity index (χ0v) is 20.6. The normalized spacial score (nSPS) is 12.4. The van der Waals surface area contributed by atoms with Crippen LogP contribution in [-0.4, -0.2) is 30.0 Å². The number of carbonyl (C=O) groups excluding carboxylic acids is 1. The van der Waals surface area contributed by atoms with Crippen LogP contribution in [0.1, 0.15) is 31.9 Å². The first-order valence-corrected chi connectivity index (χ1v) is 12.7. The lowest BCUT2D eigenvalue weighted by Crippen LogP contribution is -2.21. The summed E-state index contributed by atoms with van der Waals surface area (Å²) in [5.74, 6) is -1.12. The van der Waals surface area contributed by atoms with E-state index < -0.39 is 43.6 Å². The minimum atomic E-state index is -4.64. The lowest BCUT2D eigenvalue weighted by Gasteiger charge is -2.19. The van der Waals surface area contributed by atoms with Crippen LogP contribution in [-0.2, 0) is 26.2 Å². The molecule has 3 rings (SSSR count). The van der Waals surface area contributed by atoms with E-state index in [0.717, 1.165) is 35.7 Å². The van der Waals surface area contributed by atoms with Gasteiger partial charge in [0.15, 0.2) is 10.1 Å². The first-order chi connectivity index (χ1) is 16.2. The SMILES string of the molecule is CC(C)(C)c1ccc(S(=O)(=O)c2cnc(SCC(=O)Nc3ccccc3C(F)(F)F)[nH]c2=O)cc1. The topological polar surface area (TPSA) is 109 Å². The highest BCUT2D eigenvalue weighted by atomic mass is 32.2. The van der Waals surface area contributed by atoms with E-state index in [2.05, 4.69) is 15.3 Å². The number of H-pyrrole nitrogens is 1. The van der Waals surface area contributed by atoms with Crippen LogP contribution in [0.3, 0.4) is 0 Å². The summed E-state index contributed by atoms with van der Waals surface area (Å²) in [5, 5.41) is 2.12. The second-order valence-electron chi connectivity index (χ2n) is 8.54. The van der Waals surface area contributed by atoms with Crippen molar-refractivity contribution in [2.24, 2.45) is 0 Å². The lowest BCUT2D eigenvalue weighted by molar-refractivity contribution is -0.137. The number of thioether (sulfide) groups is 1. The summed E-state index contributed by atoms with van der Waals surface area (Å²) in [6.07, 6.45) is -3.75. The number of halogens is 3. The molecule has 0 aliphatic carbocycles. The quantitative estimate of drug-likeness (QED) is 0.358. The molecule has 0 saturated heterocycles. The Morgan fingerprint density at radius 2 is 1.69 bits per heavy atom. The fraction of sp³-hybridized carbons (Fsp3) is 0.261. The molecule has 0 radical (unpaired) electrons. The number of hydrogen-bond acceptors (Lipinski definition) is 6. The van der Waals surface area contributed by atoms with Gasteiger partial charge in [0.2, 0.25) is 15.7 Å². The van der Waals surface area contributed by atoms with Crippen LogP contribution in [0.5, 0.6) is 0 Å². The maximum Gasteiger partial charge on any atom is 0.418 e. The Morgan fingerprint density at radius 1 is 1.06 bits per heavy atom. The number of sulfone groups is 1. The summed E-state index contributed by atoms with van der Waals surface area (Å²) in [5.41, 5.74) is -1.57. The maximum absolute atomic E-state index is 13.1. The number of alkyl halides is 3. The van der Waals surface area contributed by atoms with Crippen LogP contribution in [0.15, 0.2) is 74.5 Å². The van der Waals surface area contributed by atoms with Gasteiger partial charge in [-0.3, -0.25) is 9.59 Å². The number of nitrogens with one attached hydrogen (secondary N) is 2. The van der Waals surface area contributed by atoms with Crippen molar-refractivity contribution in [1.82, 2.24) is 9.97 Å². The Hall–Kier alpha value is -3.12. The van der Waals surface area contributed by atoms with Gasteiger partial charge in [-0.25, -0.2) is 13.4 Å². The van der Waals surface area contributed by atoms with Crippen molar-refractivity contribution in [3.63, 3.8) is 0 Å². The molecule has 2 N–H and O–H groups in total. The average molecular weight is 526 g/mol. The van der Waals surface area contributed by atoms with Gasteiger partial charge in [0.05, 0.1) is 28.1 Å². The van der Waals surface area contributed by atoms with Crippen molar-refractivity contribution in [3.8, 4) is 0 Å². The highest BCUT2D eigenvalue weighted by Crippen LogP contribution is 2.34. The standard InChI is InChI=1S/C23H22F3N3O4S2/c1-22(2,3)14-8-10-15(11-9-14)35(32,33)18-12-27-21(29-20(18)31)34-13-19(30)28-17-7-5-4-6-16(17)23(24,25)26/h4-12H,13H2,1-3H3,(H,28,30)(H,27,29,31). The molecule has 1 aromatic heterocycles. The molecule has 0 aliphatic heterocycles. The number of rotatable bonds is 6. The molecule has 7 nitrogen and oxygen atoms in total. The minimum absolute atomic E-state index is 0.0590. The first-order valence-electron chi connectivity index (χ1n) is 10.2. The predicted octanol–water partition coefficient (Wildman–Crippen LogP) is 4.65. The molecule has 0 atom stereocenters. The molecule has 1 heterocycles. The van der Waals surface area contributed by atoms with Crippen LogP contribution in [0.4, 0.5) is 18.9 Å². The number of para-hydroxylation sites is 1. The molecule has 0 saturated carbocycles. The summed E-state index contributed by atoms with van der Waals surface area (Å²) in [6.45, 7) is 5.95. The van der Waals surface area contributed by atoms with E-state index in [1.54, 1.807) is 12.1 Å². The number of benzene rings is 2. The second-order valence-corrected chi connectivity index (χ2v) is 11.4. The third-order valence-corrected chi connectivity index (χ3v) is 7.56. The molecule has 0 spiro atoms. The Kier molecular flexibility index (Phi) is 7.46. The Morgan fingerprint density at radius 3 is 2.26 bits per heavy atom. The summed E-state index contributed by atoms with van der Waals surface area (Å²) < 4.78 is 65.0. The number of amides is 1. The van der Waals surface area contributed by atoms with Crippen LogP contribution in [0.2, 0.25) is 0 Å². The molecular formula is C23H22F3N3O4S2. The van der Waals surface area contributed by atoms with Gasteiger partial charge in [0.25, 0.3) is 5.56 Å². The number of carbonyl (C=O) groups is 1. The Labute approximate surface area is 204 Å². The summed E-state index contributed by atoms with van der Waals surface area (Å²) in [7, 11) is -4.14. The molecule has 3 aromatic rings. The van der Waals surface area contributed by atoms with Crippen molar-refractivity contribution in [2.45, 2.75) is 47.3 Å². The van der Waals surface area contributed by atoms with E-state index in [-0.39, 0.29) is 21.2 Å². The van der Waals surface area contributed by atoms with E-state index >= 15 is 0 Å². The molecular weight excluding hydrogens is 503 g/mol. The van der Waals surface area contributed by atoms with Crippen LogP contribution >= 0.6 is 11.8 Å². The maximum atomic E-state index is 13.1. The van der Waals surface area contributed by atoms with Gasteiger partial charge in [-0.1, -0.05) is 56.8 Å². The van der Waals surface area contributed by atoms with Crippen molar-refractivity contribution in [2.75, 3.05) is 11.1 Å². The van der Waals surface area contributed by atoms with Gasteiger partial charge in [-0.2, -0.15) is 13.2 Å². The zero-order valence-electron chi connectivity index (χ0n) is 18.9. The van der Waals surface area contributed by atoms with Gasteiger partial charge in [-0.15, -0.1) is 0 Å². The van der Waals surface area contributed by atoms with Gasteiger partial charge in [0.1, 0.15) is 0 Å². The molecule has 12 heteroatoms. The number of anilines is 1. The van der Waals surface area contributed by atoms with Crippen molar-refractivity contribution in [1.29, 1.82) is 0 Å². The molecule has 0 aliphatic rings. The first kappa shape index (κ1) is 26.5. The predicted molar refractivity (Wildman–Crippen MR) is 126 cm³/mol. The molecule has 186 valence electrons. The lowest BCUT2D eigenvalue weighted by atomic mass is 9.87. The molecule has 2 aromatic carbocycles. The molecule has 35 heavy (non-hydrogen) atoms. The van der Waals surface area contributed by atoms with E-state index in [4.69, 9.17) is 0 Å². The average Bonchev–Trinajstić information content (AvgIpc) is 2.77. The Bertz CT molecular complexity index is 1390. The summed E-state index contributed by atoms with van der Waals surface area (Å²) in [6, 6.07) is 10.7. The minimum Gasteiger partial charge on any atom is -0.325 e. The highest BCUT2D eigenvalue weighted by Gasteiger charge is 2.33. The van der Waals surface area contributed by atoms with Crippen LogP contribution < -0.4 is 10.9 Å². The third-order valence-electron chi connectivity index (χ3n) is 4.91. The highest BCUT2D eigenvalue weighted by molar-refractivity contribution is 7.99. The Balaban J connectivity index is 1.72. The molecule has 1 amide bonds. The second kappa shape index (κ2) is 9.86. The van der Waals surface area contributed by atoms with E-state index in [1.807, 2.05) is 20.8 Å². The van der Waals surface area contributed by atoms with E-state index in [9.17, 15) is 31.2 Å². The smallest absolute Gasteiger partial charge is 0.325 e. The largest absolute Gasteiger partial charge is 0.418 e.